The van der Waals surface area contributed by atoms with Gasteiger partial charge in [-0.3, -0.25) is 9.59 Å². The Morgan fingerprint density at radius 1 is 1.30 bits per heavy atom. The molecule has 1 N–H and O–H groups in total. The lowest BCUT2D eigenvalue weighted by Crippen LogP contribution is -3.15. The number of nitrogens with one attached hydrogen (secondary N) is 1. The molecule has 0 bridgehead atoms. The van der Waals surface area contributed by atoms with Crippen molar-refractivity contribution in [1.82, 2.24) is 4.90 Å². The van der Waals surface area contributed by atoms with E-state index in [0.717, 1.165) is 30.4 Å². The molecular weight excluding hydrogens is 316 g/mol. The number of hydrogen-bond donors (Lipinski definition) is 1. The number of carbonyl (C=O) groups excluding carboxylic acids is 2. The number of carbonyl (C=O) groups is 2. The second-order valence-corrected chi connectivity index (χ2v) is 6.37. The first-order chi connectivity index (χ1) is 11.2. The van der Waals surface area contributed by atoms with Crippen LogP contribution in [0.15, 0.2) is 29.2 Å². The lowest BCUT2D eigenvalue weighted by Gasteiger charge is -2.26. The van der Waals surface area contributed by atoms with Gasteiger partial charge in [-0.2, -0.15) is 0 Å². The Bertz CT molecular complexity index is 641. The molecule has 6 nitrogen and oxygen atoms in total. The molecule has 2 heterocycles. The quantitative estimate of drug-likeness (QED) is 0.817. The number of amides is 2. The van der Waals surface area contributed by atoms with Crippen LogP contribution in [-0.2, 0) is 9.53 Å². The summed E-state index contributed by atoms with van der Waals surface area (Å²) >= 11 is 0.983. The highest BCUT2D eigenvalue weighted by Crippen LogP contribution is 2.33. The Morgan fingerprint density at radius 3 is 2.78 bits per heavy atom. The Morgan fingerprint density at radius 2 is 2.04 bits per heavy atom. The van der Waals surface area contributed by atoms with Crippen molar-refractivity contribution in [3.8, 4) is 5.75 Å². The number of ether oxygens (including phenoxy) is 2. The highest BCUT2D eigenvalue weighted by Gasteiger charge is 2.37. The average Bonchev–Trinajstić information content (AvgIpc) is 2.84. The summed E-state index contributed by atoms with van der Waals surface area (Å²) in [5.74, 6) is 0.447. The van der Waals surface area contributed by atoms with E-state index in [0.29, 0.717) is 30.5 Å². The van der Waals surface area contributed by atoms with E-state index in [1.165, 1.54) is 9.80 Å². The van der Waals surface area contributed by atoms with Crippen molar-refractivity contribution in [2.45, 2.75) is 0 Å². The monoisotopic (exact) mass is 335 g/mol. The van der Waals surface area contributed by atoms with Crippen LogP contribution in [0.1, 0.15) is 5.56 Å². The zero-order valence-corrected chi connectivity index (χ0v) is 13.7. The maximum Gasteiger partial charge on any atom is 0.298 e. The number of benzene rings is 1. The van der Waals surface area contributed by atoms with Gasteiger partial charge in [-0.1, -0.05) is 18.2 Å². The minimum absolute atomic E-state index is 0.213. The largest absolute Gasteiger partial charge is 0.496 e. The van der Waals surface area contributed by atoms with Crippen LogP contribution in [0.25, 0.3) is 6.08 Å². The highest BCUT2D eigenvalue weighted by atomic mass is 32.2. The summed E-state index contributed by atoms with van der Waals surface area (Å²) in [4.78, 5) is 27.6. The molecule has 122 valence electrons. The van der Waals surface area contributed by atoms with Crippen LogP contribution < -0.4 is 9.64 Å². The van der Waals surface area contributed by atoms with Gasteiger partial charge >= 0.3 is 0 Å². The Hall–Kier alpha value is -1.83. The summed E-state index contributed by atoms with van der Waals surface area (Å²) in [5, 5.41) is -0.213. The molecular formula is C16H19N2O4S+. The Labute approximate surface area is 139 Å². The fraction of sp³-hybridized carbons (Fsp3) is 0.375. The van der Waals surface area contributed by atoms with Gasteiger partial charge in [0.25, 0.3) is 11.1 Å². The third-order valence-corrected chi connectivity index (χ3v) is 4.79. The lowest BCUT2D eigenvalue weighted by atomic mass is 10.2. The van der Waals surface area contributed by atoms with Crippen molar-refractivity contribution < 1.29 is 24.0 Å². The molecule has 3 rings (SSSR count). The topological polar surface area (TPSA) is 60.3 Å². The molecule has 0 unspecified atom stereocenters. The molecule has 2 amide bonds. The predicted molar refractivity (Wildman–Crippen MR) is 87.2 cm³/mol. The van der Waals surface area contributed by atoms with E-state index in [9.17, 15) is 9.59 Å². The summed E-state index contributed by atoms with van der Waals surface area (Å²) in [7, 11) is 1.58. The van der Waals surface area contributed by atoms with E-state index in [-0.39, 0.29) is 11.1 Å². The second-order valence-electron chi connectivity index (χ2n) is 5.37. The van der Waals surface area contributed by atoms with Crippen LogP contribution in [0.2, 0.25) is 0 Å². The Balaban J connectivity index is 1.76. The van der Waals surface area contributed by atoms with Gasteiger partial charge in [0.15, 0.2) is 6.67 Å². The first-order valence-electron chi connectivity index (χ1n) is 7.49. The third-order valence-electron chi connectivity index (χ3n) is 3.88. The number of methoxy groups -OCH3 is 1. The smallest absolute Gasteiger partial charge is 0.298 e. The molecule has 2 fully saturated rings. The highest BCUT2D eigenvalue weighted by molar-refractivity contribution is 8.18. The van der Waals surface area contributed by atoms with Crippen LogP contribution in [0, 0.1) is 0 Å². The summed E-state index contributed by atoms with van der Waals surface area (Å²) in [6.07, 6.45) is 1.72. The van der Waals surface area contributed by atoms with Gasteiger partial charge < -0.3 is 14.4 Å². The van der Waals surface area contributed by atoms with Crippen LogP contribution in [0.3, 0.4) is 0 Å². The van der Waals surface area contributed by atoms with Crippen molar-refractivity contribution >= 4 is 29.0 Å². The number of rotatable bonds is 4. The van der Waals surface area contributed by atoms with E-state index < -0.39 is 0 Å². The Kier molecular flexibility index (Phi) is 5.00. The molecule has 1 aromatic carbocycles. The minimum atomic E-state index is -0.232. The molecule has 0 saturated carbocycles. The van der Waals surface area contributed by atoms with Gasteiger partial charge in [0.2, 0.25) is 0 Å². The van der Waals surface area contributed by atoms with Crippen LogP contribution in [0.4, 0.5) is 4.79 Å². The molecule has 23 heavy (non-hydrogen) atoms. The number of nitrogens with zero attached hydrogens (tertiary/aromatic N) is 1. The first-order valence-corrected chi connectivity index (χ1v) is 8.30. The molecule has 0 radical (unpaired) electrons. The van der Waals surface area contributed by atoms with Gasteiger partial charge in [-0.15, -0.1) is 0 Å². The summed E-state index contributed by atoms with van der Waals surface area (Å²) in [6.45, 7) is 3.36. The fourth-order valence-electron chi connectivity index (χ4n) is 2.60. The SMILES string of the molecule is COc1ccccc1/C=C1\SC(=O)N(C[NH+]2CCOCC2)C1=O. The van der Waals surface area contributed by atoms with E-state index in [4.69, 9.17) is 9.47 Å². The van der Waals surface area contributed by atoms with Crippen molar-refractivity contribution in [3.05, 3.63) is 34.7 Å². The molecule has 2 aliphatic heterocycles. The van der Waals surface area contributed by atoms with Crippen LogP contribution >= 0.6 is 11.8 Å². The van der Waals surface area contributed by atoms with Gasteiger partial charge in [0.1, 0.15) is 18.8 Å². The van der Waals surface area contributed by atoms with Gasteiger partial charge in [-0.25, -0.2) is 4.90 Å². The normalized spacial score (nSPS) is 21.3. The molecule has 2 saturated heterocycles. The number of para-hydroxylation sites is 1. The number of thioether (sulfide) groups is 1. The van der Waals surface area contributed by atoms with E-state index in [1.807, 2.05) is 24.3 Å². The van der Waals surface area contributed by atoms with E-state index in [2.05, 4.69) is 0 Å². The van der Waals surface area contributed by atoms with Crippen LogP contribution in [0.5, 0.6) is 5.75 Å². The van der Waals surface area contributed by atoms with Gasteiger partial charge in [0.05, 0.1) is 25.2 Å². The minimum Gasteiger partial charge on any atom is -0.496 e. The maximum absolute atomic E-state index is 12.5. The summed E-state index contributed by atoms with van der Waals surface area (Å²) in [6, 6.07) is 7.42. The van der Waals surface area contributed by atoms with Crippen molar-refractivity contribution in [3.63, 3.8) is 0 Å². The molecule has 0 aliphatic carbocycles. The number of quaternary nitrogens is 1. The molecule has 7 heteroatoms. The van der Waals surface area contributed by atoms with Gasteiger partial charge in [0, 0.05) is 5.56 Å². The summed E-state index contributed by atoms with van der Waals surface area (Å²) < 4.78 is 10.6. The predicted octanol–water partition coefficient (Wildman–Crippen LogP) is 0.604. The van der Waals surface area contributed by atoms with E-state index >= 15 is 0 Å². The first kappa shape index (κ1) is 16.0. The molecule has 0 atom stereocenters. The average molecular weight is 335 g/mol. The van der Waals surface area contributed by atoms with Gasteiger partial charge in [-0.05, 0) is 23.9 Å². The van der Waals surface area contributed by atoms with Crippen molar-refractivity contribution in [2.75, 3.05) is 40.1 Å². The fourth-order valence-corrected chi connectivity index (χ4v) is 3.43. The second kappa shape index (κ2) is 7.16. The number of morpholine rings is 1. The zero-order chi connectivity index (χ0) is 16.2. The molecule has 0 spiro atoms. The van der Waals surface area contributed by atoms with Crippen molar-refractivity contribution in [2.24, 2.45) is 0 Å². The third kappa shape index (κ3) is 3.57. The lowest BCUT2D eigenvalue weighted by molar-refractivity contribution is -0.915. The standard InChI is InChI=1S/C16H18N2O4S/c1-21-13-5-3-2-4-12(13)10-14-15(19)18(16(20)23-14)11-17-6-8-22-9-7-17/h2-5,10H,6-9,11H2,1H3/p+1/b14-10-. The maximum atomic E-state index is 12.5. The molecule has 0 aromatic heterocycles. The molecule has 2 aliphatic rings. The zero-order valence-electron chi connectivity index (χ0n) is 12.9. The van der Waals surface area contributed by atoms with Crippen molar-refractivity contribution in [1.29, 1.82) is 0 Å². The van der Waals surface area contributed by atoms with E-state index in [1.54, 1.807) is 13.2 Å². The number of hydrogen-bond acceptors (Lipinski definition) is 5. The number of imide groups is 1. The summed E-state index contributed by atoms with van der Waals surface area (Å²) in [5.41, 5.74) is 0.791. The molecule has 1 aromatic rings. The van der Waals surface area contributed by atoms with Crippen LogP contribution in [-0.4, -0.2) is 56.1 Å².